The fraction of sp³-hybridized carbons (Fsp3) is 0.588. The first-order valence-electron chi connectivity index (χ1n) is 15.6. The minimum Gasteiger partial charge on any atom is -0.458 e. The molecule has 216 valence electrons. The van der Waals surface area contributed by atoms with E-state index < -0.39 is 17.7 Å². The zero-order valence-corrected chi connectivity index (χ0v) is 24.1. The van der Waals surface area contributed by atoms with E-state index in [2.05, 4.69) is 6.92 Å². The van der Waals surface area contributed by atoms with Crippen LogP contribution in [0.2, 0.25) is 0 Å². The summed E-state index contributed by atoms with van der Waals surface area (Å²) in [5.74, 6) is -0.541. The summed E-state index contributed by atoms with van der Waals surface area (Å²) in [5.41, 5.74) is -0.619. The van der Waals surface area contributed by atoms with E-state index in [4.69, 9.17) is 14.2 Å². The molecule has 6 heteroatoms. The number of quaternary nitrogens is 1. The summed E-state index contributed by atoms with van der Waals surface area (Å²) in [6.07, 6.45) is 12.3. The van der Waals surface area contributed by atoms with Crippen molar-refractivity contribution in [2.24, 2.45) is 0 Å². The predicted octanol–water partition coefficient (Wildman–Crippen LogP) is 7.29. The summed E-state index contributed by atoms with van der Waals surface area (Å²) in [7, 11) is 0. The standard InChI is InChI=1S/C34H46NO5/c1-2-3-4-5-6-15-24-38-33(37)40-34(27-16-9-7-10-17-27,28-18-11-8-12-19-28)32(36)39-31-25-29-20-21-30(26-31)35(29)22-13-14-23-35/h7-12,16-19,29-31H,2-6,13-15,20-26H2,1H3/q+1. The van der Waals surface area contributed by atoms with Gasteiger partial charge in [0.15, 0.2) is 0 Å². The molecule has 40 heavy (non-hydrogen) atoms. The van der Waals surface area contributed by atoms with Gasteiger partial charge < -0.3 is 18.7 Å². The van der Waals surface area contributed by atoms with Crippen molar-refractivity contribution in [3.63, 3.8) is 0 Å². The fourth-order valence-corrected chi connectivity index (χ4v) is 7.64. The lowest BCUT2D eigenvalue weighted by molar-refractivity contribution is -0.956. The highest BCUT2D eigenvalue weighted by atomic mass is 16.7. The second-order valence-electron chi connectivity index (χ2n) is 12.0. The number of benzene rings is 2. The van der Waals surface area contributed by atoms with Crippen LogP contribution in [0.25, 0.3) is 0 Å². The molecule has 0 radical (unpaired) electrons. The van der Waals surface area contributed by atoms with Crippen molar-refractivity contribution in [1.29, 1.82) is 0 Å². The smallest absolute Gasteiger partial charge is 0.458 e. The van der Waals surface area contributed by atoms with Crippen molar-refractivity contribution in [1.82, 2.24) is 0 Å². The second kappa shape index (κ2) is 13.2. The van der Waals surface area contributed by atoms with Crippen molar-refractivity contribution in [2.75, 3.05) is 19.7 Å². The number of rotatable bonds is 12. The monoisotopic (exact) mass is 548 g/mol. The largest absolute Gasteiger partial charge is 0.510 e. The van der Waals surface area contributed by atoms with E-state index in [9.17, 15) is 9.59 Å². The van der Waals surface area contributed by atoms with Gasteiger partial charge in [-0.1, -0.05) is 99.7 Å². The van der Waals surface area contributed by atoms with Crippen LogP contribution in [0.1, 0.15) is 95.1 Å². The van der Waals surface area contributed by atoms with Crippen LogP contribution in [0.15, 0.2) is 60.7 Å². The van der Waals surface area contributed by atoms with Gasteiger partial charge in [-0.2, -0.15) is 0 Å². The molecule has 0 N–H and O–H groups in total. The third kappa shape index (κ3) is 5.93. The first-order valence-corrected chi connectivity index (χ1v) is 15.6. The lowest BCUT2D eigenvalue weighted by atomic mass is 9.85. The molecule has 2 atom stereocenters. The van der Waals surface area contributed by atoms with E-state index in [1.54, 1.807) is 0 Å². The Morgan fingerprint density at radius 1 is 0.800 bits per heavy atom. The molecule has 2 unspecified atom stereocenters. The van der Waals surface area contributed by atoms with E-state index in [-0.39, 0.29) is 12.7 Å². The predicted molar refractivity (Wildman–Crippen MR) is 155 cm³/mol. The number of nitrogens with zero attached hydrogens (tertiary/aromatic N) is 1. The quantitative estimate of drug-likeness (QED) is 0.158. The van der Waals surface area contributed by atoms with Gasteiger partial charge >= 0.3 is 12.1 Å². The molecule has 0 aliphatic carbocycles. The Bertz CT molecular complexity index is 1040. The van der Waals surface area contributed by atoms with E-state index in [1.807, 2.05) is 60.7 Å². The maximum absolute atomic E-state index is 14.3. The van der Waals surface area contributed by atoms with E-state index in [1.165, 1.54) is 62.5 Å². The molecule has 3 aliphatic rings. The van der Waals surface area contributed by atoms with Crippen LogP contribution < -0.4 is 0 Å². The van der Waals surface area contributed by atoms with Crippen LogP contribution in [0.3, 0.4) is 0 Å². The molecule has 3 fully saturated rings. The SMILES string of the molecule is CCCCCCCCOC(=O)OC(C(=O)OC1CC2CCC(C1)[N+]21CCCC1)(c1ccccc1)c1ccccc1. The van der Waals surface area contributed by atoms with Crippen molar-refractivity contribution in [2.45, 2.75) is 108 Å². The van der Waals surface area contributed by atoms with E-state index >= 15 is 0 Å². The van der Waals surface area contributed by atoms with Crippen LogP contribution in [-0.2, 0) is 24.6 Å². The maximum atomic E-state index is 14.3. The number of carbonyl (C=O) groups excluding carboxylic acids is 2. The van der Waals surface area contributed by atoms with Crippen molar-refractivity contribution >= 4 is 12.1 Å². The Morgan fingerprint density at radius 2 is 1.35 bits per heavy atom. The number of piperidine rings is 1. The van der Waals surface area contributed by atoms with Crippen LogP contribution in [-0.4, -0.2) is 54.5 Å². The molecular formula is C34H46NO5+. The molecule has 6 nitrogen and oxygen atoms in total. The summed E-state index contributed by atoms with van der Waals surface area (Å²) >= 11 is 0. The van der Waals surface area contributed by atoms with Crippen LogP contribution in [0, 0.1) is 0 Å². The summed E-state index contributed by atoms with van der Waals surface area (Å²) in [6, 6.07) is 19.6. The summed E-state index contributed by atoms with van der Waals surface area (Å²) in [6.45, 7) is 4.99. The van der Waals surface area contributed by atoms with Gasteiger partial charge in [0.2, 0.25) is 0 Å². The van der Waals surface area contributed by atoms with Gasteiger partial charge in [0.1, 0.15) is 6.10 Å². The zero-order valence-electron chi connectivity index (χ0n) is 24.1. The molecule has 2 aromatic rings. The van der Waals surface area contributed by atoms with Gasteiger partial charge in [-0.25, -0.2) is 9.59 Å². The average molecular weight is 549 g/mol. The molecule has 3 aliphatic heterocycles. The average Bonchev–Trinajstić information content (AvgIpc) is 3.53. The van der Waals surface area contributed by atoms with Crippen molar-refractivity contribution in [3.8, 4) is 0 Å². The Balaban J connectivity index is 1.35. The first-order chi connectivity index (χ1) is 19.6. The number of carbonyl (C=O) groups is 2. The van der Waals surface area contributed by atoms with Crippen molar-refractivity contribution < 1.29 is 28.3 Å². The summed E-state index contributed by atoms with van der Waals surface area (Å²) in [4.78, 5) is 27.5. The molecule has 2 aromatic carbocycles. The van der Waals surface area contributed by atoms with E-state index in [0.29, 0.717) is 23.2 Å². The van der Waals surface area contributed by atoms with Crippen LogP contribution in [0.4, 0.5) is 4.79 Å². The van der Waals surface area contributed by atoms with Crippen LogP contribution >= 0.6 is 0 Å². The lowest BCUT2D eigenvalue weighted by Gasteiger charge is -2.47. The van der Waals surface area contributed by atoms with Gasteiger partial charge in [-0.3, -0.25) is 0 Å². The van der Waals surface area contributed by atoms with Crippen LogP contribution in [0.5, 0.6) is 0 Å². The molecule has 2 bridgehead atoms. The van der Waals surface area contributed by atoms with Gasteiger partial charge in [0.05, 0.1) is 31.8 Å². The molecule has 5 rings (SSSR count). The minimum absolute atomic E-state index is 0.177. The molecule has 3 heterocycles. The number of ether oxygens (including phenoxy) is 3. The second-order valence-corrected chi connectivity index (χ2v) is 12.0. The van der Waals surface area contributed by atoms with Crippen molar-refractivity contribution in [3.05, 3.63) is 71.8 Å². The molecule has 0 aromatic heterocycles. The first kappa shape index (κ1) is 28.7. The molecule has 1 spiro atoms. The Labute approximate surface area is 239 Å². The highest BCUT2D eigenvalue weighted by Gasteiger charge is 2.57. The van der Waals surface area contributed by atoms with Gasteiger partial charge in [0.25, 0.3) is 5.60 Å². The third-order valence-corrected chi connectivity index (χ3v) is 9.63. The normalized spacial score (nSPS) is 23.2. The minimum atomic E-state index is -1.74. The summed E-state index contributed by atoms with van der Waals surface area (Å²) < 4.78 is 19.2. The van der Waals surface area contributed by atoms with Gasteiger partial charge in [0, 0.05) is 49.7 Å². The molecule has 3 saturated heterocycles. The Morgan fingerprint density at radius 3 is 1.93 bits per heavy atom. The Hall–Kier alpha value is -2.86. The molecule has 0 saturated carbocycles. The van der Waals surface area contributed by atoms with Gasteiger partial charge in [-0.15, -0.1) is 0 Å². The summed E-state index contributed by atoms with van der Waals surface area (Å²) in [5, 5.41) is 0. The maximum Gasteiger partial charge on any atom is 0.510 e. The Kier molecular flexibility index (Phi) is 9.46. The number of esters is 1. The van der Waals surface area contributed by atoms with Gasteiger partial charge in [-0.05, 0) is 6.42 Å². The van der Waals surface area contributed by atoms with E-state index in [0.717, 1.165) is 32.1 Å². The highest BCUT2D eigenvalue weighted by molar-refractivity contribution is 5.88. The number of unbranched alkanes of at least 4 members (excludes halogenated alkanes) is 5. The topological polar surface area (TPSA) is 61.8 Å². The zero-order chi connectivity index (χ0) is 27.8. The lowest BCUT2D eigenvalue weighted by Crippen LogP contribution is -2.60. The molecule has 0 amide bonds. The number of hydrogen-bond acceptors (Lipinski definition) is 5. The molecular weight excluding hydrogens is 502 g/mol. The fourth-order valence-electron chi connectivity index (χ4n) is 7.64. The third-order valence-electron chi connectivity index (χ3n) is 9.63. The number of hydrogen-bond donors (Lipinski definition) is 0. The highest BCUT2D eigenvalue weighted by Crippen LogP contribution is 2.47.